The van der Waals surface area contributed by atoms with Crippen LogP contribution >= 0.6 is 0 Å². The van der Waals surface area contributed by atoms with Gasteiger partial charge in [0.15, 0.2) is 11.5 Å². The third kappa shape index (κ3) is 1.65. The Balaban J connectivity index is 2.37. The summed E-state index contributed by atoms with van der Waals surface area (Å²) in [6, 6.07) is 6.65. The van der Waals surface area contributed by atoms with Crippen LogP contribution in [0.3, 0.4) is 0 Å². The van der Waals surface area contributed by atoms with Gasteiger partial charge < -0.3 is 20.9 Å². The molecule has 0 aliphatic carbocycles. The average Bonchev–Trinajstić information content (AvgIpc) is 2.27. The van der Waals surface area contributed by atoms with Crippen LogP contribution in [0.4, 0.5) is 0 Å². The second-order valence-corrected chi connectivity index (χ2v) is 3.33. The van der Waals surface area contributed by atoms with E-state index >= 15 is 0 Å². The Hall–Kier alpha value is -2.24. The van der Waals surface area contributed by atoms with Gasteiger partial charge in [0.1, 0.15) is 0 Å². The van der Waals surface area contributed by atoms with E-state index in [0.717, 1.165) is 0 Å². The third-order valence-electron chi connectivity index (χ3n) is 2.19. The average molecular weight is 222 g/mol. The molecule has 6 nitrogen and oxygen atoms in total. The van der Waals surface area contributed by atoms with Crippen molar-refractivity contribution in [3.05, 3.63) is 24.3 Å². The number of ether oxygens (including phenoxy) is 2. The summed E-state index contributed by atoms with van der Waals surface area (Å²) in [6.45, 7) is 0. The predicted molar refractivity (Wildman–Crippen MR) is 53.7 cm³/mol. The van der Waals surface area contributed by atoms with Crippen molar-refractivity contribution in [2.75, 3.05) is 0 Å². The van der Waals surface area contributed by atoms with Crippen molar-refractivity contribution in [1.82, 2.24) is 0 Å². The Morgan fingerprint density at radius 3 is 1.62 bits per heavy atom. The lowest BCUT2D eigenvalue weighted by molar-refractivity contribution is -0.141. The van der Waals surface area contributed by atoms with Gasteiger partial charge in [-0.3, -0.25) is 9.59 Å². The van der Waals surface area contributed by atoms with Crippen LogP contribution in [0.1, 0.15) is 0 Å². The van der Waals surface area contributed by atoms with Gasteiger partial charge in [-0.15, -0.1) is 0 Å². The first kappa shape index (κ1) is 10.3. The van der Waals surface area contributed by atoms with Gasteiger partial charge in [0.05, 0.1) is 0 Å². The maximum atomic E-state index is 11.1. The van der Waals surface area contributed by atoms with Gasteiger partial charge in [0, 0.05) is 0 Å². The van der Waals surface area contributed by atoms with Crippen molar-refractivity contribution in [2.45, 2.75) is 12.2 Å². The molecule has 1 aromatic rings. The van der Waals surface area contributed by atoms with Crippen LogP contribution in [-0.4, -0.2) is 24.0 Å². The molecule has 0 spiro atoms. The Morgan fingerprint density at radius 1 is 0.938 bits per heavy atom. The van der Waals surface area contributed by atoms with Gasteiger partial charge >= 0.3 is 0 Å². The lowest BCUT2D eigenvalue weighted by Gasteiger charge is -2.30. The van der Waals surface area contributed by atoms with Crippen molar-refractivity contribution in [3.63, 3.8) is 0 Å². The van der Waals surface area contributed by atoms with Gasteiger partial charge in [0.25, 0.3) is 11.8 Å². The van der Waals surface area contributed by atoms with E-state index in [9.17, 15) is 9.59 Å². The standard InChI is InChI=1S/C10H10N2O4/c11-9(13)7-8(10(12)14)16-6-4-2-1-3-5(6)15-7/h1-4,7-8H,(H2,11,13)(H2,12,14). The van der Waals surface area contributed by atoms with Gasteiger partial charge in [0.2, 0.25) is 12.2 Å². The zero-order chi connectivity index (χ0) is 11.7. The fraction of sp³-hybridized carbons (Fsp3) is 0.200. The molecule has 0 aromatic heterocycles. The first-order chi connectivity index (χ1) is 7.59. The van der Waals surface area contributed by atoms with E-state index in [1.807, 2.05) is 0 Å². The SMILES string of the molecule is NC(=O)C1Oc2ccccc2OC1C(N)=O. The number of nitrogens with two attached hydrogens (primary N) is 2. The predicted octanol–water partition coefficient (Wildman–Crippen LogP) is -0.834. The van der Waals surface area contributed by atoms with Crippen LogP contribution < -0.4 is 20.9 Å². The maximum absolute atomic E-state index is 11.1. The molecule has 2 unspecified atom stereocenters. The van der Waals surface area contributed by atoms with E-state index < -0.39 is 24.0 Å². The van der Waals surface area contributed by atoms with Crippen LogP contribution in [0, 0.1) is 0 Å². The number of carbonyl (C=O) groups is 2. The number of fused-ring (bicyclic) bond motifs is 1. The molecule has 0 saturated carbocycles. The van der Waals surface area contributed by atoms with Gasteiger partial charge in [-0.05, 0) is 12.1 Å². The summed E-state index contributed by atoms with van der Waals surface area (Å²) >= 11 is 0. The van der Waals surface area contributed by atoms with E-state index in [1.165, 1.54) is 0 Å². The van der Waals surface area contributed by atoms with Crippen LogP contribution in [0.15, 0.2) is 24.3 Å². The van der Waals surface area contributed by atoms with E-state index in [2.05, 4.69) is 0 Å². The van der Waals surface area contributed by atoms with Crippen molar-refractivity contribution < 1.29 is 19.1 Å². The third-order valence-corrected chi connectivity index (χ3v) is 2.19. The smallest absolute Gasteiger partial charge is 0.263 e. The minimum atomic E-state index is -1.19. The molecule has 1 aliphatic rings. The zero-order valence-corrected chi connectivity index (χ0v) is 8.25. The molecule has 0 radical (unpaired) electrons. The summed E-state index contributed by atoms with van der Waals surface area (Å²) in [5.74, 6) is -0.857. The molecule has 0 saturated heterocycles. The quantitative estimate of drug-likeness (QED) is 0.681. The highest BCUT2D eigenvalue weighted by molar-refractivity contribution is 5.90. The van der Waals surface area contributed by atoms with E-state index in [1.54, 1.807) is 24.3 Å². The highest BCUT2D eigenvalue weighted by Crippen LogP contribution is 2.33. The second kappa shape index (κ2) is 3.73. The number of hydrogen-bond acceptors (Lipinski definition) is 4. The molecule has 6 heteroatoms. The molecule has 1 aliphatic heterocycles. The second-order valence-electron chi connectivity index (χ2n) is 3.33. The van der Waals surface area contributed by atoms with Crippen LogP contribution in [0.25, 0.3) is 0 Å². The monoisotopic (exact) mass is 222 g/mol. The highest BCUT2D eigenvalue weighted by Gasteiger charge is 2.39. The summed E-state index contributed by atoms with van der Waals surface area (Å²) in [5.41, 5.74) is 10.2. The molecule has 0 bridgehead atoms. The van der Waals surface area contributed by atoms with Crippen molar-refractivity contribution >= 4 is 11.8 Å². The number of hydrogen-bond donors (Lipinski definition) is 2. The molecule has 2 amide bonds. The minimum Gasteiger partial charge on any atom is -0.472 e. The van der Waals surface area contributed by atoms with Crippen LogP contribution in [0.2, 0.25) is 0 Å². The van der Waals surface area contributed by atoms with E-state index in [0.29, 0.717) is 11.5 Å². The fourth-order valence-electron chi connectivity index (χ4n) is 1.46. The normalized spacial score (nSPS) is 22.5. The lowest BCUT2D eigenvalue weighted by Crippen LogP contribution is -2.54. The number of benzene rings is 1. The molecule has 84 valence electrons. The molecule has 4 N–H and O–H groups in total. The molecule has 1 aromatic carbocycles. The fourth-order valence-corrected chi connectivity index (χ4v) is 1.46. The molecule has 2 atom stereocenters. The van der Waals surface area contributed by atoms with E-state index in [4.69, 9.17) is 20.9 Å². The first-order valence-corrected chi connectivity index (χ1v) is 4.60. The van der Waals surface area contributed by atoms with Crippen molar-refractivity contribution in [3.8, 4) is 11.5 Å². The van der Waals surface area contributed by atoms with Crippen molar-refractivity contribution in [2.24, 2.45) is 11.5 Å². The summed E-state index contributed by atoms with van der Waals surface area (Å²) < 4.78 is 10.5. The van der Waals surface area contributed by atoms with Gasteiger partial charge in [-0.2, -0.15) is 0 Å². The summed E-state index contributed by atoms with van der Waals surface area (Å²) in [5, 5.41) is 0. The molecule has 16 heavy (non-hydrogen) atoms. The van der Waals surface area contributed by atoms with Gasteiger partial charge in [-0.25, -0.2) is 0 Å². The molecule has 2 rings (SSSR count). The first-order valence-electron chi connectivity index (χ1n) is 4.60. The van der Waals surface area contributed by atoms with E-state index in [-0.39, 0.29) is 0 Å². The summed E-state index contributed by atoms with van der Waals surface area (Å²) in [4.78, 5) is 22.2. The van der Waals surface area contributed by atoms with Crippen LogP contribution in [-0.2, 0) is 9.59 Å². The van der Waals surface area contributed by atoms with Gasteiger partial charge in [-0.1, -0.05) is 12.1 Å². The molecular weight excluding hydrogens is 212 g/mol. The highest BCUT2D eigenvalue weighted by atomic mass is 16.6. The molecular formula is C10H10N2O4. The maximum Gasteiger partial charge on any atom is 0.263 e. The topological polar surface area (TPSA) is 105 Å². The Bertz CT molecular complexity index is 405. The zero-order valence-electron chi connectivity index (χ0n) is 8.25. The number of carbonyl (C=O) groups excluding carboxylic acids is 2. The Labute approximate surface area is 91.1 Å². The number of para-hydroxylation sites is 2. The van der Waals surface area contributed by atoms with Crippen molar-refractivity contribution in [1.29, 1.82) is 0 Å². The summed E-state index contributed by atoms with van der Waals surface area (Å²) in [7, 11) is 0. The lowest BCUT2D eigenvalue weighted by atomic mass is 10.1. The Kier molecular flexibility index (Phi) is 2.40. The number of primary amides is 2. The minimum absolute atomic E-state index is 0.365. The largest absolute Gasteiger partial charge is 0.472 e. The molecule has 1 heterocycles. The molecule has 0 fully saturated rings. The number of amides is 2. The van der Waals surface area contributed by atoms with Crippen LogP contribution in [0.5, 0.6) is 11.5 Å². The Morgan fingerprint density at radius 2 is 1.31 bits per heavy atom. The summed E-state index contributed by atoms with van der Waals surface area (Å²) in [6.07, 6.45) is -2.38. The number of rotatable bonds is 2.